The van der Waals surface area contributed by atoms with E-state index in [1.807, 2.05) is 30.3 Å². The number of hydrogen-bond acceptors (Lipinski definition) is 4. The first-order valence-corrected chi connectivity index (χ1v) is 7.74. The first-order valence-electron chi connectivity index (χ1n) is 5.75. The molecule has 0 amide bonds. The lowest BCUT2D eigenvalue weighted by Crippen LogP contribution is -2.27. The molecule has 19 heavy (non-hydrogen) atoms. The second-order valence-corrected chi connectivity index (χ2v) is 6.91. The topological polar surface area (TPSA) is 38.8 Å². The molecule has 1 rings (SSSR count). The molecule has 1 atom stereocenters. The minimum Gasteiger partial charge on any atom is -0.311 e. The quantitative estimate of drug-likeness (QED) is 0.752. The van der Waals surface area contributed by atoms with Crippen LogP contribution in [0, 0.1) is 0 Å². The molecule has 0 N–H and O–H groups in total. The highest BCUT2D eigenvalue weighted by Crippen LogP contribution is 2.53. The lowest BCUT2D eigenvalue weighted by Gasteiger charge is -2.27. The van der Waals surface area contributed by atoms with Crippen LogP contribution in [0.4, 0.5) is 0 Å². The summed E-state index contributed by atoms with van der Waals surface area (Å²) < 4.78 is 22.5. The van der Waals surface area contributed by atoms with Crippen molar-refractivity contribution in [2.75, 3.05) is 28.3 Å². The lowest BCUT2D eigenvalue weighted by atomic mass is 10.2. The zero-order valence-corrected chi connectivity index (χ0v) is 13.2. The fourth-order valence-corrected chi connectivity index (χ4v) is 3.45. The third kappa shape index (κ3) is 4.16. The van der Waals surface area contributed by atoms with Gasteiger partial charge in [-0.1, -0.05) is 41.9 Å². The van der Waals surface area contributed by atoms with Gasteiger partial charge in [0.15, 0.2) is 0 Å². The van der Waals surface area contributed by atoms with Gasteiger partial charge >= 0.3 is 7.60 Å². The molecule has 0 aliphatic rings. The third-order valence-electron chi connectivity index (χ3n) is 2.71. The summed E-state index contributed by atoms with van der Waals surface area (Å²) in [5.41, 5.74) is 0.856. The molecule has 0 aromatic heterocycles. The summed E-state index contributed by atoms with van der Waals surface area (Å²) in [6, 6.07) is 9.46. The smallest absolute Gasteiger partial charge is 0.311 e. The third-order valence-corrected chi connectivity index (χ3v) is 5.33. The van der Waals surface area contributed by atoms with Gasteiger partial charge < -0.3 is 9.05 Å². The van der Waals surface area contributed by atoms with Gasteiger partial charge in [0.2, 0.25) is 0 Å². The van der Waals surface area contributed by atoms with Crippen LogP contribution in [0.15, 0.2) is 36.4 Å². The molecule has 106 valence electrons. The Morgan fingerprint density at radius 1 is 1.26 bits per heavy atom. The van der Waals surface area contributed by atoms with Crippen molar-refractivity contribution < 1.29 is 13.6 Å². The Balaban J connectivity index is 3.12. The van der Waals surface area contributed by atoms with Crippen LogP contribution in [0.5, 0.6) is 0 Å². The Morgan fingerprint density at radius 3 is 2.21 bits per heavy atom. The van der Waals surface area contributed by atoms with E-state index < -0.39 is 13.4 Å². The summed E-state index contributed by atoms with van der Waals surface area (Å²) in [6.45, 7) is 0. The van der Waals surface area contributed by atoms with Gasteiger partial charge in [-0.2, -0.15) is 0 Å². The number of nitrogens with zero attached hydrogens (tertiary/aromatic N) is 1. The fraction of sp³-hybridized carbons (Fsp3) is 0.385. The summed E-state index contributed by atoms with van der Waals surface area (Å²) in [5, 5.41) is 0.508. The molecule has 0 saturated heterocycles. The van der Waals surface area contributed by atoms with Gasteiger partial charge in [0.25, 0.3) is 0 Å². The van der Waals surface area contributed by atoms with Crippen LogP contribution in [0.25, 0.3) is 5.03 Å². The SMILES string of the molecule is COP(=O)(OC)C(/C=C(/Cl)c1ccccc1)N(C)C. The molecular weight excluding hydrogens is 285 g/mol. The van der Waals surface area contributed by atoms with Gasteiger partial charge in [0.1, 0.15) is 5.78 Å². The maximum absolute atomic E-state index is 12.5. The van der Waals surface area contributed by atoms with Crippen LogP contribution in [0.3, 0.4) is 0 Å². The fourth-order valence-electron chi connectivity index (χ4n) is 1.64. The maximum Gasteiger partial charge on any atom is 0.351 e. The highest BCUT2D eigenvalue weighted by Gasteiger charge is 2.34. The second kappa shape index (κ2) is 7.22. The van der Waals surface area contributed by atoms with Crippen molar-refractivity contribution >= 4 is 24.2 Å². The summed E-state index contributed by atoms with van der Waals surface area (Å²) in [5.74, 6) is -0.546. The summed E-state index contributed by atoms with van der Waals surface area (Å²) in [7, 11) is 3.06. The van der Waals surface area contributed by atoms with Crippen molar-refractivity contribution in [3.8, 4) is 0 Å². The van der Waals surface area contributed by atoms with E-state index in [0.717, 1.165) is 5.56 Å². The Labute approximate surface area is 119 Å². The average molecular weight is 304 g/mol. The van der Waals surface area contributed by atoms with Crippen LogP contribution in [0.2, 0.25) is 0 Å². The molecule has 0 fully saturated rings. The Bertz CT molecular complexity index is 468. The second-order valence-electron chi connectivity index (χ2n) is 4.16. The maximum atomic E-state index is 12.5. The van der Waals surface area contributed by atoms with E-state index >= 15 is 0 Å². The van der Waals surface area contributed by atoms with Gasteiger partial charge in [0.05, 0.1) is 0 Å². The zero-order chi connectivity index (χ0) is 14.5. The molecule has 0 heterocycles. The predicted molar refractivity (Wildman–Crippen MR) is 79.4 cm³/mol. The highest BCUT2D eigenvalue weighted by atomic mass is 35.5. The van der Waals surface area contributed by atoms with Crippen molar-refractivity contribution in [2.45, 2.75) is 5.78 Å². The van der Waals surface area contributed by atoms with Crippen LogP contribution in [-0.4, -0.2) is 39.0 Å². The molecule has 1 unspecified atom stereocenters. The van der Waals surface area contributed by atoms with Crippen LogP contribution >= 0.6 is 19.2 Å². The molecule has 4 nitrogen and oxygen atoms in total. The Kier molecular flexibility index (Phi) is 6.24. The van der Waals surface area contributed by atoms with E-state index in [2.05, 4.69) is 0 Å². The largest absolute Gasteiger partial charge is 0.351 e. The van der Waals surface area contributed by atoms with Gasteiger partial charge in [-0.05, 0) is 25.7 Å². The molecular formula is C13H19ClNO3P. The van der Waals surface area contributed by atoms with Crippen LogP contribution < -0.4 is 0 Å². The van der Waals surface area contributed by atoms with Gasteiger partial charge in [0, 0.05) is 19.3 Å². The van der Waals surface area contributed by atoms with Crippen LogP contribution in [0.1, 0.15) is 5.56 Å². The molecule has 0 bridgehead atoms. The Hall–Kier alpha value is -0.640. The predicted octanol–water partition coefficient (Wildman–Crippen LogP) is 3.64. The first-order chi connectivity index (χ1) is 8.94. The molecule has 1 aromatic carbocycles. The van der Waals surface area contributed by atoms with E-state index in [1.165, 1.54) is 14.2 Å². The molecule has 0 radical (unpaired) electrons. The van der Waals surface area contributed by atoms with Crippen molar-refractivity contribution in [1.82, 2.24) is 4.90 Å². The molecule has 0 saturated carbocycles. The molecule has 0 spiro atoms. The molecule has 6 heteroatoms. The van der Waals surface area contributed by atoms with E-state index in [0.29, 0.717) is 5.03 Å². The number of halogens is 1. The van der Waals surface area contributed by atoms with Gasteiger partial charge in [-0.3, -0.25) is 9.46 Å². The summed E-state index contributed by atoms with van der Waals surface area (Å²) in [6.07, 6.45) is 1.69. The Morgan fingerprint density at radius 2 is 1.79 bits per heavy atom. The monoisotopic (exact) mass is 303 g/mol. The number of rotatable bonds is 6. The zero-order valence-electron chi connectivity index (χ0n) is 11.5. The number of hydrogen-bond donors (Lipinski definition) is 0. The van der Waals surface area contributed by atoms with E-state index in [-0.39, 0.29) is 0 Å². The molecule has 0 aliphatic carbocycles. The van der Waals surface area contributed by atoms with Crippen molar-refractivity contribution in [2.24, 2.45) is 0 Å². The minimum absolute atomic E-state index is 0.508. The van der Waals surface area contributed by atoms with Crippen molar-refractivity contribution in [1.29, 1.82) is 0 Å². The van der Waals surface area contributed by atoms with Crippen molar-refractivity contribution in [3.63, 3.8) is 0 Å². The highest BCUT2D eigenvalue weighted by molar-refractivity contribution is 7.54. The van der Waals surface area contributed by atoms with E-state index in [1.54, 1.807) is 25.1 Å². The van der Waals surface area contributed by atoms with Gasteiger partial charge in [-0.25, -0.2) is 0 Å². The standard InChI is InChI=1S/C13H19ClNO3P/c1-15(2)13(19(16,17-3)18-4)10-12(14)11-8-6-5-7-9-11/h5-10,13H,1-4H3/b12-10+. The molecule has 0 aliphatic heterocycles. The summed E-state index contributed by atoms with van der Waals surface area (Å²) in [4.78, 5) is 1.75. The normalized spacial score (nSPS) is 14.7. The summed E-state index contributed by atoms with van der Waals surface area (Å²) >= 11 is 6.27. The number of likely N-dealkylation sites (N-methyl/N-ethyl adjacent to an activating group) is 1. The van der Waals surface area contributed by atoms with Crippen LogP contribution in [-0.2, 0) is 13.6 Å². The average Bonchev–Trinajstić information content (AvgIpc) is 2.44. The van der Waals surface area contributed by atoms with E-state index in [9.17, 15) is 4.57 Å². The lowest BCUT2D eigenvalue weighted by molar-refractivity contribution is 0.242. The van der Waals surface area contributed by atoms with Crippen molar-refractivity contribution in [3.05, 3.63) is 42.0 Å². The first kappa shape index (κ1) is 16.4. The van der Waals surface area contributed by atoms with Gasteiger partial charge in [-0.15, -0.1) is 0 Å². The minimum atomic E-state index is -3.26. The molecule has 1 aromatic rings. The van der Waals surface area contributed by atoms with E-state index in [4.69, 9.17) is 20.6 Å². The number of benzene rings is 1.